The predicted molar refractivity (Wildman–Crippen MR) is 118 cm³/mol. The van der Waals surface area contributed by atoms with E-state index in [4.69, 9.17) is 20.4 Å². The summed E-state index contributed by atoms with van der Waals surface area (Å²) in [6, 6.07) is 10.5. The second-order valence-electron chi connectivity index (χ2n) is 8.70. The van der Waals surface area contributed by atoms with E-state index in [0.717, 1.165) is 48.9 Å². The summed E-state index contributed by atoms with van der Waals surface area (Å²) < 4.78 is 49.8. The molecule has 2 fully saturated rings. The number of hydrogen-bond donors (Lipinski definition) is 2. The standard InChI is InChI=1S/C24H24F3N5O2/c25-24(26,27)17-8-3-14(4-9-17)13-33-20-10-7-16(12-18(20)15-5-6-15)21-30-22(34-31-21)19-2-1-11-32(19)23(28)29/h3-4,7-10,12,15,19H,1-2,5-6,11,13H2,(H3,28,29)/t19-/m0/s1. The Morgan fingerprint density at radius 3 is 2.59 bits per heavy atom. The number of nitrogens with two attached hydrogens (primary N) is 1. The van der Waals surface area contributed by atoms with Crippen LogP contribution < -0.4 is 10.5 Å². The molecule has 178 valence electrons. The van der Waals surface area contributed by atoms with Crippen LogP contribution in [0, 0.1) is 5.41 Å². The summed E-state index contributed by atoms with van der Waals surface area (Å²) in [6.07, 6.45) is -0.560. The SMILES string of the molecule is N=C(N)N1CCC[C@H]1c1nc(-c2ccc(OCc3ccc(C(F)(F)F)cc3)c(C3CC3)c2)no1. The molecular weight excluding hydrogens is 447 g/mol. The van der Waals surface area contributed by atoms with Gasteiger partial charge in [0.2, 0.25) is 11.7 Å². The summed E-state index contributed by atoms with van der Waals surface area (Å²) >= 11 is 0. The van der Waals surface area contributed by atoms with Gasteiger partial charge in [-0.1, -0.05) is 17.3 Å². The second kappa shape index (κ2) is 8.66. The van der Waals surface area contributed by atoms with Gasteiger partial charge in [0.25, 0.3) is 0 Å². The van der Waals surface area contributed by atoms with E-state index in [2.05, 4.69) is 10.1 Å². The minimum Gasteiger partial charge on any atom is -0.489 e. The summed E-state index contributed by atoms with van der Waals surface area (Å²) in [5.41, 5.74) is 7.48. The van der Waals surface area contributed by atoms with E-state index in [1.807, 2.05) is 18.2 Å². The third-order valence-electron chi connectivity index (χ3n) is 6.25. The monoisotopic (exact) mass is 471 g/mol. The zero-order chi connectivity index (χ0) is 23.9. The van der Waals surface area contributed by atoms with Crippen molar-refractivity contribution < 1.29 is 22.4 Å². The first-order chi connectivity index (χ1) is 16.3. The van der Waals surface area contributed by atoms with Crippen LogP contribution in [0.2, 0.25) is 0 Å². The molecule has 1 aliphatic carbocycles. The van der Waals surface area contributed by atoms with Crippen molar-refractivity contribution >= 4 is 5.96 Å². The summed E-state index contributed by atoms with van der Waals surface area (Å²) in [7, 11) is 0. The highest BCUT2D eigenvalue weighted by molar-refractivity contribution is 5.75. The zero-order valence-corrected chi connectivity index (χ0v) is 18.3. The molecule has 0 spiro atoms. The molecule has 0 bridgehead atoms. The maximum Gasteiger partial charge on any atom is 0.416 e. The van der Waals surface area contributed by atoms with Crippen LogP contribution in [0.4, 0.5) is 13.2 Å². The third kappa shape index (κ3) is 4.57. The van der Waals surface area contributed by atoms with Gasteiger partial charge in [-0.2, -0.15) is 18.2 Å². The lowest BCUT2D eigenvalue weighted by atomic mass is 10.0. The maximum absolute atomic E-state index is 12.8. The Kier molecular flexibility index (Phi) is 5.66. The molecule has 2 heterocycles. The fraction of sp³-hybridized carbons (Fsp3) is 0.375. The smallest absolute Gasteiger partial charge is 0.416 e. The Hall–Kier alpha value is -3.56. The van der Waals surface area contributed by atoms with Crippen LogP contribution >= 0.6 is 0 Å². The van der Waals surface area contributed by atoms with Gasteiger partial charge >= 0.3 is 6.18 Å². The average Bonchev–Trinajstić information content (AvgIpc) is 3.32. The van der Waals surface area contributed by atoms with Crippen LogP contribution in [-0.4, -0.2) is 27.5 Å². The number of alkyl halides is 3. The molecule has 1 aliphatic heterocycles. The number of aromatic nitrogens is 2. The molecule has 2 aromatic carbocycles. The molecule has 5 rings (SSSR count). The molecule has 3 N–H and O–H groups in total. The van der Waals surface area contributed by atoms with Crippen LogP contribution in [0.5, 0.6) is 5.75 Å². The number of halogens is 3. The van der Waals surface area contributed by atoms with Crippen molar-refractivity contribution in [3.05, 3.63) is 65.0 Å². The fourth-order valence-corrected chi connectivity index (χ4v) is 4.28. The van der Waals surface area contributed by atoms with Gasteiger partial charge in [-0.15, -0.1) is 0 Å². The number of rotatable bonds is 6. The van der Waals surface area contributed by atoms with Crippen LogP contribution in [0.1, 0.15) is 60.2 Å². The van der Waals surface area contributed by atoms with Crippen LogP contribution in [0.15, 0.2) is 47.0 Å². The Morgan fingerprint density at radius 2 is 1.91 bits per heavy atom. The second-order valence-corrected chi connectivity index (χ2v) is 8.70. The summed E-state index contributed by atoms with van der Waals surface area (Å²) in [5.74, 6) is 1.97. The lowest BCUT2D eigenvalue weighted by molar-refractivity contribution is -0.137. The van der Waals surface area contributed by atoms with Gasteiger partial charge in [-0.05, 0) is 73.1 Å². The molecular formula is C24H24F3N5O2. The first-order valence-corrected chi connectivity index (χ1v) is 11.2. The first kappa shape index (κ1) is 22.2. The highest BCUT2D eigenvalue weighted by atomic mass is 19.4. The Bertz CT molecular complexity index is 1190. The number of hydrogen-bond acceptors (Lipinski definition) is 5. The van der Waals surface area contributed by atoms with E-state index < -0.39 is 11.7 Å². The molecule has 34 heavy (non-hydrogen) atoms. The van der Waals surface area contributed by atoms with E-state index >= 15 is 0 Å². The topological polar surface area (TPSA) is 101 Å². The normalized spacial score (nSPS) is 18.3. The summed E-state index contributed by atoms with van der Waals surface area (Å²) in [6.45, 7) is 0.862. The molecule has 0 unspecified atom stereocenters. The molecule has 3 aromatic rings. The number of nitrogens with one attached hydrogen (secondary N) is 1. The van der Waals surface area contributed by atoms with Crippen molar-refractivity contribution in [1.29, 1.82) is 5.41 Å². The molecule has 0 radical (unpaired) electrons. The van der Waals surface area contributed by atoms with E-state index in [0.29, 0.717) is 35.5 Å². The molecule has 2 aliphatic rings. The van der Waals surface area contributed by atoms with Crippen molar-refractivity contribution in [1.82, 2.24) is 15.0 Å². The molecule has 0 amide bonds. The van der Waals surface area contributed by atoms with E-state index in [1.54, 1.807) is 4.90 Å². The Morgan fingerprint density at radius 1 is 1.15 bits per heavy atom. The molecule has 10 heteroatoms. The van der Waals surface area contributed by atoms with E-state index in [1.165, 1.54) is 12.1 Å². The fourth-order valence-electron chi connectivity index (χ4n) is 4.28. The maximum atomic E-state index is 12.8. The van der Waals surface area contributed by atoms with Gasteiger partial charge in [-0.3, -0.25) is 5.41 Å². The van der Waals surface area contributed by atoms with Crippen molar-refractivity contribution in [2.75, 3.05) is 6.54 Å². The van der Waals surface area contributed by atoms with Gasteiger partial charge in [0.15, 0.2) is 5.96 Å². The lowest BCUT2D eigenvalue weighted by Crippen LogP contribution is -2.35. The minimum atomic E-state index is -4.36. The highest BCUT2D eigenvalue weighted by Gasteiger charge is 2.33. The van der Waals surface area contributed by atoms with Gasteiger partial charge in [0, 0.05) is 12.1 Å². The Labute approximate surface area is 194 Å². The molecule has 1 aromatic heterocycles. The highest BCUT2D eigenvalue weighted by Crippen LogP contribution is 2.45. The molecule has 1 saturated heterocycles. The van der Waals surface area contributed by atoms with E-state index in [9.17, 15) is 13.2 Å². The van der Waals surface area contributed by atoms with Gasteiger partial charge < -0.3 is 19.9 Å². The van der Waals surface area contributed by atoms with Gasteiger partial charge in [0.05, 0.1) is 5.56 Å². The van der Waals surface area contributed by atoms with Crippen LogP contribution in [0.25, 0.3) is 11.4 Å². The zero-order valence-electron chi connectivity index (χ0n) is 18.3. The Balaban J connectivity index is 1.32. The van der Waals surface area contributed by atoms with E-state index in [-0.39, 0.29) is 18.6 Å². The molecule has 7 nitrogen and oxygen atoms in total. The number of guanidine groups is 1. The number of benzene rings is 2. The first-order valence-electron chi connectivity index (χ1n) is 11.2. The van der Waals surface area contributed by atoms with Crippen molar-refractivity contribution in [3.8, 4) is 17.1 Å². The minimum absolute atomic E-state index is 0.00665. The van der Waals surface area contributed by atoms with Crippen molar-refractivity contribution in [2.45, 2.75) is 50.4 Å². The lowest BCUT2D eigenvalue weighted by Gasteiger charge is -2.21. The quantitative estimate of drug-likeness (QED) is 0.377. The van der Waals surface area contributed by atoms with Crippen molar-refractivity contribution in [2.24, 2.45) is 5.73 Å². The largest absolute Gasteiger partial charge is 0.489 e. The summed E-state index contributed by atoms with van der Waals surface area (Å²) in [4.78, 5) is 6.32. The number of ether oxygens (including phenoxy) is 1. The van der Waals surface area contributed by atoms with Gasteiger partial charge in [-0.25, -0.2) is 0 Å². The molecule has 1 saturated carbocycles. The van der Waals surface area contributed by atoms with Gasteiger partial charge in [0.1, 0.15) is 18.4 Å². The summed E-state index contributed by atoms with van der Waals surface area (Å²) in [5, 5.41) is 11.9. The number of likely N-dealkylation sites (tertiary alicyclic amines) is 1. The molecule has 1 atom stereocenters. The average molecular weight is 471 g/mol. The number of nitrogens with zero attached hydrogens (tertiary/aromatic N) is 3. The van der Waals surface area contributed by atoms with Crippen molar-refractivity contribution in [3.63, 3.8) is 0 Å². The van der Waals surface area contributed by atoms with Crippen LogP contribution in [0.3, 0.4) is 0 Å². The predicted octanol–water partition coefficient (Wildman–Crippen LogP) is 5.24. The third-order valence-corrected chi connectivity index (χ3v) is 6.25. The van der Waals surface area contributed by atoms with Crippen LogP contribution in [-0.2, 0) is 12.8 Å².